The Labute approximate surface area is 111 Å². The number of aliphatic hydroxyl groups is 2. The summed E-state index contributed by atoms with van der Waals surface area (Å²) in [6.45, 7) is 0.834. The molecule has 1 aromatic heterocycles. The van der Waals surface area contributed by atoms with E-state index in [1.807, 2.05) is 0 Å². The van der Waals surface area contributed by atoms with Gasteiger partial charge in [0.25, 0.3) is 0 Å². The van der Waals surface area contributed by atoms with Gasteiger partial charge in [0, 0.05) is 19.2 Å². The summed E-state index contributed by atoms with van der Waals surface area (Å²) < 4.78 is 5.30. The highest BCUT2D eigenvalue weighted by atomic mass is 16.5. The van der Waals surface area contributed by atoms with Crippen molar-refractivity contribution in [3.8, 4) is 5.88 Å². The van der Waals surface area contributed by atoms with Gasteiger partial charge in [-0.15, -0.1) is 0 Å². The highest BCUT2D eigenvalue weighted by molar-refractivity contribution is 5.76. The average Bonchev–Trinajstić information content (AvgIpc) is 2.36. The van der Waals surface area contributed by atoms with Crippen LogP contribution in [0, 0.1) is 0 Å². The molecule has 1 rings (SSSR count). The Morgan fingerprint density at radius 1 is 1.53 bits per heavy atom. The number of pyridine rings is 1. The molecule has 7 heteroatoms. The van der Waals surface area contributed by atoms with E-state index >= 15 is 0 Å². The molecule has 0 saturated heterocycles. The van der Waals surface area contributed by atoms with E-state index in [-0.39, 0.29) is 19.6 Å². The van der Waals surface area contributed by atoms with Gasteiger partial charge in [-0.25, -0.2) is 4.98 Å². The minimum Gasteiger partial charge on any atom is -0.475 e. The minimum atomic E-state index is -0.701. The molecular formula is C12H19N3O4. The summed E-state index contributed by atoms with van der Waals surface area (Å²) in [4.78, 5) is 14.9. The van der Waals surface area contributed by atoms with Crippen LogP contribution in [0.5, 0.6) is 5.88 Å². The van der Waals surface area contributed by atoms with E-state index in [4.69, 9.17) is 15.6 Å². The Balaban J connectivity index is 2.37. The molecule has 1 atom stereocenters. The lowest BCUT2D eigenvalue weighted by molar-refractivity contribution is -0.117. The predicted molar refractivity (Wildman–Crippen MR) is 68.6 cm³/mol. The fraction of sp³-hybridized carbons (Fsp3) is 0.500. The first-order chi connectivity index (χ1) is 9.11. The number of hydrogen-bond acceptors (Lipinski definition) is 6. The van der Waals surface area contributed by atoms with Crippen LogP contribution >= 0.6 is 0 Å². The van der Waals surface area contributed by atoms with E-state index in [1.165, 1.54) is 0 Å². The lowest BCUT2D eigenvalue weighted by Crippen LogP contribution is -2.33. The second-order valence-electron chi connectivity index (χ2n) is 4.00. The van der Waals surface area contributed by atoms with Gasteiger partial charge in [0.2, 0.25) is 11.8 Å². The van der Waals surface area contributed by atoms with Crippen LogP contribution in [0.1, 0.15) is 5.69 Å². The number of primary amides is 1. The molecule has 0 aromatic carbocycles. The molecule has 1 unspecified atom stereocenters. The normalized spacial score (nSPS) is 12.1. The van der Waals surface area contributed by atoms with E-state index in [1.54, 1.807) is 18.2 Å². The highest BCUT2D eigenvalue weighted by Gasteiger charge is 2.06. The van der Waals surface area contributed by atoms with Crippen molar-refractivity contribution < 1.29 is 19.7 Å². The number of ether oxygens (including phenoxy) is 1. The molecule has 0 fully saturated rings. The van der Waals surface area contributed by atoms with Crippen LogP contribution < -0.4 is 15.8 Å². The molecule has 7 nitrogen and oxygen atoms in total. The maximum atomic E-state index is 10.8. The van der Waals surface area contributed by atoms with Crippen molar-refractivity contribution in [1.82, 2.24) is 10.3 Å². The fourth-order valence-electron chi connectivity index (χ4n) is 1.40. The third-order valence-electron chi connectivity index (χ3n) is 2.23. The van der Waals surface area contributed by atoms with Gasteiger partial charge >= 0.3 is 0 Å². The van der Waals surface area contributed by atoms with Gasteiger partial charge in [-0.2, -0.15) is 0 Å². The molecule has 0 aliphatic carbocycles. The number of hydrogen-bond donors (Lipinski definition) is 4. The van der Waals surface area contributed by atoms with Crippen LogP contribution in [-0.4, -0.2) is 53.5 Å². The van der Waals surface area contributed by atoms with Gasteiger partial charge in [0.1, 0.15) is 12.7 Å². The van der Waals surface area contributed by atoms with E-state index in [9.17, 15) is 9.90 Å². The number of carbonyl (C=O) groups excluding carboxylic acids is 1. The molecule has 106 valence electrons. The zero-order chi connectivity index (χ0) is 14.1. The van der Waals surface area contributed by atoms with Gasteiger partial charge < -0.3 is 26.0 Å². The number of rotatable bonds is 9. The second kappa shape index (κ2) is 8.41. The molecule has 19 heavy (non-hydrogen) atoms. The summed E-state index contributed by atoms with van der Waals surface area (Å²) >= 11 is 0. The Kier molecular flexibility index (Phi) is 6.80. The molecule has 0 aliphatic heterocycles. The number of aromatic nitrogens is 1. The monoisotopic (exact) mass is 269 g/mol. The van der Waals surface area contributed by atoms with Crippen molar-refractivity contribution in [2.24, 2.45) is 5.73 Å². The Bertz CT molecular complexity index is 400. The molecule has 0 saturated carbocycles. The predicted octanol–water partition coefficient (Wildman–Crippen LogP) is -1.57. The van der Waals surface area contributed by atoms with Crippen LogP contribution in [0.3, 0.4) is 0 Å². The third-order valence-corrected chi connectivity index (χ3v) is 2.23. The first-order valence-electron chi connectivity index (χ1n) is 5.98. The SMILES string of the molecule is NC(=O)Cc1cccc(OCC(O)CNCCO)n1. The van der Waals surface area contributed by atoms with Crippen molar-refractivity contribution in [2.75, 3.05) is 26.3 Å². The standard InChI is InChI=1S/C12H19N3O4/c13-11(18)6-9-2-1-3-12(15-9)19-8-10(17)7-14-4-5-16/h1-3,10,14,16-17H,4-8H2,(H2,13,18). The molecule has 1 aromatic rings. The van der Waals surface area contributed by atoms with Gasteiger partial charge in [0.05, 0.1) is 18.7 Å². The Morgan fingerprint density at radius 3 is 3.00 bits per heavy atom. The number of amides is 1. The van der Waals surface area contributed by atoms with Crippen LogP contribution in [0.2, 0.25) is 0 Å². The van der Waals surface area contributed by atoms with Crippen molar-refractivity contribution in [3.63, 3.8) is 0 Å². The summed E-state index contributed by atoms with van der Waals surface area (Å²) in [6, 6.07) is 5.02. The molecule has 5 N–H and O–H groups in total. The van der Waals surface area contributed by atoms with Gasteiger partial charge in [-0.05, 0) is 6.07 Å². The molecular weight excluding hydrogens is 250 g/mol. The molecule has 1 amide bonds. The minimum absolute atomic E-state index is 0.0182. The molecule has 0 spiro atoms. The molecule has 0 radical (unpaired) electrons. The number of nitrogens with two attached hydrogens (primary N) is 1. The topological polar surface area (TPSA) is 118 Å². The third kappa shape index (κ3) is 6.70. The molecule has 1 heterocycles. The molecule has 0 aliphatic rings. The first kappa shape index (κ1) is 15.4. The van der Waals surface area contributed by atoms with Crippen LogP contribution in [0.25, 0.3) is 0 Å². The Hall–Kier alpha value is -1.70. The van der Waals surface area contributed by atoms with Gasteiger partial charge in [-0.1, -0.05) is 6.07 Å². The zero-order valence-corrected chi connectivity index (χ0v) is 10.6. The van der Waals surface area contributed by atoms with Gasteiger partial charge in [-0.3, -0.25) is 4.79 Å². The summed E-state index contributed by atoms with van der Waals surface area (Å²) in [7, 11) is 0. The van der Waals surface area contributed by atoms with E-state index in [0.717, 1.165) is 0 Å². The summed E-state index contributed by atoms with van der Waals surface area (Å²) in [6.07, 6.45) is -0.647. The first-order valence-corrected chi connectivity index (χ1v) is 5.98. The number of carbonyl (C=O) groups is 1. The lowest BCUT2D eigenvalue weighted by atomic mass is 10.2. The van der Waals surface area contributed by atoms with Crippen molar-refractivity contribution in [2.45, 2.75) is 12.5 Å². The quantitative estimate of drug-likeness (QED) is 0.402. The number of aliphatic hydroxyl groups excluding tert-OH is 2. The van der Waals surface area contributed by atoms with E-state index in [0.29, 0.717) is 24.7 Å². The fourth-order valence-corrected chi connectivity index (χ4v) is 1.40. The number of nitrogens with zero attached hydrogens (tertiary/aromatic N) is 1. The molecule has 0 bridgehead atoms. The smallest absolute Gasteiger partial charge is 0.223 e. The number of nitrogens with one attached hydrogen (secondary N) is 1. The maximum Gasteiger partial charge on any atom is 0.223 e. The van der Waals surface area contributed by atoms with Crippen molar-refractivity contribution >= 4 is 5.91 Å². The lowest BCUT2D eigenvalue weighted by Gasteiger charge is -2.12. The summed E-state index contributed by atoms with van der Waals surface area (Å²) in [5, 5.41) is 21.0. The Morgan fingerprint density at radius 2 is 2.32 bits per heavy atom. The highest BCUT2D eigenvalue weighted by Crippen LogP contribution is 2.08. The summed E-state index contributed by atoms with van der Waals surface area (Å²) in [5.74, 6) is -0.127. The van der Waals surface area contributed by atoms with Gasteiger partial charge in [0.15, 0.2) is 0 Å². The van der Waals surface area contributed by atoms with E-state index < -0.39 is 12.0 Å². The largest absolute Gasteiger partial charge is 0.475 e. The van der Waals surface area contributed by atoms with Crippen LogP contribution in [-0.2, 0) is 11.2 Å². The van der Waals surface area contributed by atoms with Crippen LogP contribution in [0.15, 0.2) is 18.2 Å². The van der Waals surface area contributed by atoms with Crippen molar-refractivity contribution in [3.05, 3.63) is 23.9 Å². The van der Waals surface area contributed by atoms with Crippen molar-refractivity contribution in [1.29, 1.82) is 0 Å². The summed E-state index contributed by atoms with van der Waals surface area (Å²) in [5.41, 5.74) is 5.60. The van der Waals surface area contributed by atoms with E-state index in [2.05, 4.69) is 10.3 Å². The average molecular weight is 269 g/mol. The zero-order valence-electron chi connectivity index (χ0n) is 10.6. The van der Waals surface area contributed by atoms with Crippen LogP contribution in [0.4, 0.5) is 0 Å². The maximum absolute atomic E-state index is 10.8. The second-order valence-corrected chi connectivity index (χ2v) is 4.00.